The summed E-state index contributed by atoms with van der Waals surface area (Å²) in [5, 5.41) is 11.2. The summed E-state index contributed by atoms with van der Waals surface area (Å²) in [5.74, 6) is 0. The van der Waals surface area contributed by atoms with Gasteiger partial charge in [0.1, 0.15) is 6.34 Å². The summed E-state index contributed by atoms with van der Waals surface area (Å²) in [6, 6.07) is 0. The van der Waals surface area contributed by atoms with Crippen LogP contribution in [0.5, 0.6) is 0 Å². The first-order valence-corrected chi connectivity index (χ1v) is 3.18. The van der Waals surface area contributed by atoms with Crippen LogP contribution in [0.15, 0.2) is 15.1 Å². The lowest BCUT2D eigenvalue weighted by Crippen LogP contribution is -2.22. The van der Waals surface area contributed by atoms with Gasteiger partial charge in [0.2, 0.25) is 0 Å². The van der Waals surface area contributed by atoms with E-state index in [9.17, 15) is 0 Å². The van der Waals surface area contributed by atoms with Crippen molar-refractivity contribution in [2.75, 3.05) is 0 Å². The van der Waals surface area contributed by atoms with Crippen molar-refractivity contribution in [2.45, 2.75) is 5.50 Å². The molecule has 1 aliphatic heterocycles. The Bertz CT molecular complexity index is 223. The highest BCUT2D eigenvalue weighted by atomic mass is 35.5. The Morgan fingerprint density at radius 3 is 2.80 bits per heavy atom. The molecule has 0 saturated heterocycles. The number of alkyl halides is 1. The topological polar surface area (TPSA) is 57.3 Å². The molecule has 0 bridgehead atoms. The molecule has 0 aromatic heterocycles. The van der Waals surface area contributed by atoms with Gasteiger partial charge >= 0.3 is 0 Å². The van der Waals surface area contributed by atoms with Crippen LogP contribution in [-0.2, 0) is 0 Å². The zero-order valence-corrected chi connectivity index (χ0v) is 6.21. The molecular weight excluding hydrogens is 177 g/mol. The Hall–Kier alpha value is -0.610. The fourth-order valence-corrected chi connectivity index (χ4v) is 0.904. The zero-order valence-electron chi connectivity index (χ0n) is 4.70. The minimum atomic E-state index is -0.727. The maximum atomic E-state index is 8.30. The smallest absolute Gasteiger partial charge is 0.173 e. The molecule has 1 aliphatic rings. The Morgan fingerprint density at radius 2 is 2.40 bits per heavy atom. The van der Waals surface area contributed by atoms with Crippen molar-refractivity contribution in [1.29, 1.82) is 0 Å². The number of hydrogen-bond donors (Lipinski definition) is 1. The molecule has 0 spiro atoms. The molecule has 10 heavy (non-hydrogen) atoms. The lowest BCUT2D eigenvalue weighted by molar-refractivity contribution is 0.319. The second-order valence-electron chi connectivity index (χ2n) is 1.51. The van der Waals surface area contributed by atoms with Gasteiger partial charge in [0.05, 0.1) is 0 Å². The first-order chi connectivity index (χ1) is 4.75. The van der Waals surface area contributed by atoms with Crippen molar-refractivity contribution >= 4 is 40.4 Å². The van der Waals surface area contributed by atoms with E-state index in [1.54, 1.807) is 0 Å². The predicted molar refractivity (Wildman–Crippen MR) is 40.6 cm³/mol. The highest BCUT2D eigenvalue weighted by molar-refractivity contribution is 6.86. The van der Waals surface area contributed by atoms with Crippen LogP contribution in [0.2, 0.25) is 0 Å². The molecule has 1 atom stereocenters. The third-order valence-corrected chi connectivity index (χ3v) is 1.52. The second-order valence-corrected chi connectivity index (χ2v) is 2.28. The Balaban J connectivity index is 2.93. The summed E-state index contributed by atoms with van der Waals surface area (Å²) < 4.78 is 0. The molecule has 54 valence electrons. The Kier molecular flexibility index (Phi) is 2.24. The molecule has 0 saturated carbocycles. The monoisotopic (exact) mass is 179 g/mol. The summed E-state index contributed by atoms with van der Waals surface area (Å²) >= 11 is 11.0. The van der Waals surface area contributed by atoms with E-state index in [4.69, 9.17) is 28.4 Å². The van der Waals surface area contributed by atoms with Gasteiger partial charge in [0.25, 0.3) is 0 Å². The average Bonchev–Trinajstić information content (AvgIpc) is 1.88. The highest BCUT2D eigenvalue weighted by Gasteiger charge is 2.19. The molecule has 0 aromatic carbocycles. The fourth-order valence-electron chi connectivity index (χ4n) is 0.466. The normalized spacial score (nSPS) is 28.8. The zero-order chi connectivity index (χ0) is 7.56. The molecule has 0 fully saturated rings. The summed E-state index contributed by atoms with van der Waals surface area (Å²) in [6.45, 7) is 0. The number of nitrogens with zero attached hydrogens (tertiary/aromatic N) is 3. The van der Waals surface area contributed by atoms with Crippen molar-refractivity contribution in [3.8, 4) is 0 Å². The SMILES string of the molecule is O/N=C1/C(Cl)=NC=N[C@@H]1Cl. The lowest BCUT2D eigenvalue weighted by Gasteiger charge is -2.06. The van der Waals surface area contributed by atoms with Crippen LogP contribution in [0.25, 0.3) is 0 Å². The van der Waals surface area contributed by atoms with Crippen molar-refractivity contribution in [3.63, 3.8) is 0 Å². The van der Waals surface area contributed by atoms with Gasteiger partial charge in [-0.25, -0.2) is 9.98 Å². The van der Waals surface area contributed by atoms with Gasteiger partial charge in [0.15, 0.2) is 16.4 Å². The Labute approximate surface area is 66.9 Å². The lowest BCUT2D eigenvalue weighted by atomic mass is 10.4. The Morgan fingerprint density at radius 1 is 1.70 bits per heavy atom. The molecule has 1 N–H and O–H groups in total. The average molecular weight is 180 g/mol. The van der Waals surface area contributed by atoms with Crippen LogP contribution in [-0.4, -0.2) is 27.9 Å². The summed E-state index contributed by atoms with van der Waals surface area (Å²) in [4.78, 5) is 7.16. The number of halogens is 2. The maximum Gasteiger partial charge on any atom is 0.173 e. The third-order valence-electron chi connectivity index (χ3n) is 0.913. The largest absolute Gasteiger partial charge is 0.410 e. The fraction of sp³-hybridized carbons (Fsp3) is 0.250. The van der Waals surface area contributed by atoms with E-state index >= 15 is 0 Å². The van der Waals surface area contributed by atoms with Crippen molar-refractivity contribution < 1.29 is 5.21 Å². The van der Waals surface area contributed by atoms with Crippen LogP contribution >= 0.6 is 23.2 Å². The van der Waals surface area contributed by atoms with Gasteiger partial charge in [0, 0.05) is 0 Å². The molecule has 0 unspecified atom stereocenters. The first-order valence-electron chi connectivity index (χ1n) is 2.37. The van der Waals surface area contributed by atoms with E-state index in [0.29, 0.717) is 0 Å². The third kappa shape index (κ3) is 1.27. The van der Waals surface area contributed by atoms with E-state index < -0.39 is 5.50 Å². The first kappa shape index (κ1) is 7.50. The molecule has 0 radical (unpaired) electrons. The number of oxime groups is 1. The molecule has 6 heteroatoms. The summed E-state index contributed by atoms with van der Waals surface area (Å²) in [6.07, 6.45) is 1.22. The molecule has 0 aliphatic carbocycles. The summed E-state index contributed by atoms with van der Waals surface area (Å²) in [7, 11) is 0. The van der Waals surface area contributed by atoms with Crippen LogP contribution < -0.4 is 0 Å². The number of rotatable bonds is 0. The summed E-state index contributed by atoms with van der Waals surface area (Å²) in [5.41, 5.74) is -0.652. The van der Waals surface area contributed by atoms with Crippen molar-refractivity contribution in [2.24, 2.45) is 15.1 Å². The van der Waals surface area contributed by atoms with Gasteiger partial charge in [-0.15, -0.1) is 0 Å². The van der Waals surface area contributed by atoms with Crippen LogP contribution in [0.1, 0.15) is 0 Å². The highest BCUT2D eigenvalue weighted by Crippen LogP contribution is 2.08. The molecule has 1 heterocycles. The van der Waals surface area contributed by atoms with E-state index in [0.717, 1.165) is 0 Å². The van der Waals surface area contributed by atoms with Crippen LogP contribution in [0.3, 0.4) is 0 Å². The van der Waals surface area contributed by atoms with Crippen molar-refractivity contribution in [1.82, 2.24) is 0 Å². The van der Waals surface area contributed by atoms with E-state index in [-0.39, 0.29) is 10.9 Å². The predicted octanol–water partition coefficient (Wildman–Crippen LogP) is 1.06. The van der Waals surface area contributed by atoms with Gasteiger partial charge in [-0.2, -0.15) is 0 Å². The van der Waals surface area contributed by atoms with Gasteiger partial charge in [-0.1, -0.05) is 28.4 Å². The molecular formula is C4H3Cl2N3O. The standard InChI is InChI=1S/C4H3Cl2N3O/c5-3-2(9-10)4(6)8-1-7-3/h1,3,10H/b9-2+/t3-/m0/s1. The van der Waals surface area contributed by atoms with Crippen molar-refractivity contribution in [3.05, 3.63) is 0 Å². The van der Waals surface area contributed by atoms with Gasteiger partial charge < -0.3 is 5.21 Å². The minimum absolute atomic E-state index is 0.0671. The molecule has 0 amide bonds. The van der Waals surface area contributed by atoms with E-state index in [1.807, 2.05) is 0 Å². The number of aliphatic imine (C=N–C) groups is 2. The van der Waals surface area contributed by atoms with Gasteiger partial charge in [-0.05, 0) is 0 Å². The molecule has 0 aromatic rings. The second kappa shape index (κ2) is 2.98. The molecule has 1 rings (SSSR count). The maximum absolute atomic E-state index is 8.30. The van der Waals surface area contributed by atoms with E-state index in [1.165, 1.54) is 6.34 Å². The minimum Gasteiger partial charge on any atom is -0.410 e. The number of hydrogen-bond acceptors (Lipinski definition) is 4. The molecule has 4 nitrogen and oxygen atoms in total. The van der Waals surface area contributed by atoms with Gasteiger partial charge in [-0.3, -0.25) is 0 Å². The quantitative estimate of drug-likeness (QED) is 0.257. The van der Waals surface area contributed by atoms with Crippen LogP contribution in [0.4, 0.5) is 0 Å². The van der Waals surface area contributed by atoms with Crippen LogP contribution in [0, 0.1) is 0 Å². The van der Waals surface area contributed by atoms with E-state index in [2.05, 4.69) is 15.1 Å².